The van der Waals surface area contributed by atoms with Crippen LogP contribution in [-0.4, -0.2) is 18.2 Å². The van der Waals surface area contributed by atoms with Crippen LogP contribution in [0, 0.1) is 0 Å². The molecule has 0 saturated carbocycles. The lowest BCUT2D eigenvalue weighted by atomic mass is 10.2. The summed E-state index contributed by atoms with van der Waals surface area (Å²) in [6, 6.07) is 12.4. The number of nitrogens with two attached hydrogens (primary N) is 1. The number of para-hydroxylation sites is 1. The van der Waals surface area contributed by atoms with E-state index >= 15 is 0 Å². The van der Waals surface area contributed by atoms with E-state index < -0.39 is 0 Å². The Kier molecular flexibility index (Phi) is 5.67. The molecule has 3 nitrogen and oxygen atoms in total. The normalized spacial score (nSPS) is 10.2. The van der Waals surface area contributed by atoms with Gasteiger partial charge >= 0.3 is 0 Å². The van der Waals surface area contributed by atoms with E-state index in [-0.39, 0.29) is 0 Å². The minimum absolute atomic E-state index is 0.334. The van der Waals surface area contributed by atoms with Crippen LogP contribution in [0.4, 0.5) is 0 Å². The minimum Gasteiger partial charge on any atom is -0.490 e. The van der Waals surface area contributed by atoms with E-state index in [4.69, 9.17) is 50.6 Å². The molecule has 0 unspecified atom stereocenters. The zero-order chi connectivity index (χ0) is 15.2. The van der Waals surface area contributed by atoms with Crippen LogP contribution < -0.4 is 15.2 Å². The summed E-state index contributed by atoms with van der Waals surface area (Å²) >= 11 is 16.9. The zero-order valence-corrected chi connectivity index (χ0v) is 13.3. The van der Waals surface area contributed by atoms with E-state index in [0.29, 0.717) is 39.7 Å². The molecule has 6 heteroatoms. The number of hydrogen-bond acceptors (Lipinski definition) is 3. The van der Waals surface area contributed by atoms with Crippen LogP contribution in [0.5, 0.6) is 11.5 Å². The first-order valence-corrected chi connectivity index (χ1v) is 7.34. The van der Waals surface area contributed by atoms with E-state index in [1.807, 2.05) is 12.1 Å². The molecule has 0 aliphatic heterocycles. The highest BCUT2D eigenvalue weighted by atomic mass is 35.5. The van der Waals surface area contributed by atoms with Gasteiger partial charge in [0.15, 0.2) is 5.75 Å². The molecule has 2 aromatic carbocycles. The molecule has 2 rings (SSSR count). The van der Waals surface area contributed by atoms with E-state index in [9.17, 15) is 0 Å². The number of halogens is 2. The smallest absolute Gasteiger partial charge is 0.156 e. The predicted molar refractivity (Wildman–Crippen MR) is 89.8 cm³/mol. The molecule has 0 fully saturated rings. The second kappa shape index (κ2) is 7.50. The van der Waals surface area contributed by atoms with Crippen LogP contribution in [0.25, 0.3) is 0 Å². The molecule has 0 saturated heterocycles. The molecule has 2 aromatic rings. The van der Waals surface area contributed by atoms with Crippen molar-refractivity contribution in [3.63, 3.8) is 0 Å². The maximum absolute atomic E-state index is 6.00. The summed E-state index contributed by atoms with van der Waals surface area (Å²) in [5.74, 6) is 1.18. The lowest BCUT2D eigenvalue weighted by Crippen LogP contribution is -2.10. The maximum atomic E-state index is 6.00. The fraction of sp³-hybridized carbons (Fsp3) is 0.133. The molecule has 0 bridgehead atoms. The first-order valence-electron chi connectivity index (χ1n) is 6.17. The molecule has 0 aliphatic carbocycles. The minimum atomic E-state index is 0.334. The molecule has 110 valence electrons. The van der Waals surface area contributed by atoms with Gasteiger partial charge in [-0.1, -0.05) is 41.5 Å². The Morgan fingerprint density at radius 2 is 1.52 bits per heavy atom. The van der Waals surface area contributed by atoms with Gasteiger partial charge in [-0.3, -0.25) is 0 Å². The summed E-state index contributed by atoms with van der Waals surface area (Å²) in [5.41, 5.74) is 6.33. The van der Waals surface area contributed by atoms with E-state index in [0.717, 1.165) is 5.56 Å². The van der Waals surface area contributed by atoms with Crippen molar-refractivity contribution in [2.45, 2.75) is 0 Å². The van der Waals surface area contributed by atoms with Crippen molar-refractivity contribution in [3.05, 3.63) is 58.1 Å². The lowest BCUT2D eigenvalue weighted by Gasteiger charge is -2.11. The van der Waals surface area contributed by atoms with Crippen molar-refractivity contribution in [3.8, 4) is 11.5 Å². The van der Waals surface area contributed by atoms with Crippen molar-refractivity contribution < 1.29 is 9.47 Å². The Bertz CT molecular complexity index is 612. The summed E-state index contributed by atoms with van der Waals surface area (Å²) < 4.78 is 11.1. The Hall–Kier alpha value is -1.49. The quantitative estimate of drug-likeness (QED) is 0.634. The Morgan fingerprint density at radius 1 is 0.952 bits per heavy atom. The Labute approximate surface area is 138 Å². The lowest BCUT2D eigenvalue weighted by molar-refractivity contribution is 0.217. The number of thiocarbonyl (C=S) groups is 1. The third-order valence-electron chi connectivity index (χ3n) is 2.66. The van der Waals surface area contributed by atoms with Gasteiger partial charge < -0.3 is 15.2 Å². The average molecular weight is 342 g/mol. The van der Waals surface area contributed by atoms with E-state index in [1.165, 1.54) is 0 Å². The van der Waals surface area contributed by atoms with Crippen LogP contribution >= 0.6 is 35.4 Å². The van der Waals surface area contributed by atoms with Crippen LogP contribution in [-0.2, 0) is 0 Å². The highest BCUT2D eigenvalue weighted by molar-refractivity contribution is 7.80. The maximum Gasteiger partial charge on any atom is 0.156 e. The van der Waals surface area contributed by atoms with E-state index in [1.54, 1.807) is 30.3 Å². The third-order valence-corrected chi connectivity index (χ3v) is 3.49. The molecule has 0 aromatic heterocycles. The van der Waals surface area contributed by atoms with Gasteiger partial charge in [-0.25, -0.2) is 0 Å². The van der Waals surface area contributed by atoms with Crippen LogP contribution in [0.3, 0.4) is 0 Å². The van der Waals surface area contributed by atoms with Gasteiger partial charge in [0.2, 0.25) is 0 Å². The second-order valence-electron chi connectivity index (χ2n) is 4.14. The first kappa shape index (κ1) is 15.9. The standard InChI is InChI=1S/C15H13Cl2NO2S/c16-12-2-1-3-13(17)14(12)20-9-8-19-11-6-4-10(5-7-11)15(18)21/h1-7H,8-9H2,(H2,18,21). The van der Waals surface area contributed by atoms with Gasteiger partial charge in [-0.05, 0) is 36.4 Å². The molecule has 0 heterocycles. The number of ether oxygens (including phenoxy) is 2. The molecule has 0 amide bonds. The van der Waals surface area contributed by atoms with Crippen molar-refractivity contribution in [2.75, 3.05) is 13.2 Å². The van der Waals surface area contributed by atoms with Crippen LogP contribution in [0.1, 0.15) is 5.56 Å². The molecule has 2 N–H and O–H groups in total. The van der Waals surface area contributed by atoms with E-state index in [2.05, 4.69) is 0 Å². The highest BCUT2D eigenvalue weighted by Gasteiger charge is 2.06. The summed E-state index contributed by atoms with van der Waals surface area (Å²) in [6.45, 7) is 0.703. The summed E-state index contributed by atoms with van der Waals surface area (Å²) in [4.78, 5) is 0.359. The van der Waals surface area contributed by atoms with Crippen molar-refractivity contribution in [1.82, 2.24) is 0 Å². The SMILES string of the molecule is NC(=S)c1ccc(OCCOc2c(Cl)cccc2Cl)cc1. The monoisotopic (exact) mass is 341 g/mol. The number of hydrogen-bond donors (Lipinski definition) is 1. The third kappa shape index (κ3) is 4.49. The van der Waals surface area contributed by atoms with Gasteiger partial charge in [-0.2, -0.15) is 0 Å². The second-order valence-corrected chi connectivity index (χ2v) is 5.39. The molecular weight excluding hydrogens is 329 g/mol. The summed E-state index contributed by atoms with van der Waals surface area (Å²) in [7, 11) is 0. The first-order chi connectivity index (χ1) is 10.1. The average Bonchev–Trinajstić information content (AvgIpc) is 2.46. The molecular formula is C15H13Cl2NO2S. The molecule has 0 spiro atoms. The highest BCUT2D eigenvalue weighted by Crippen LogP contribution is 2.32. The van der Waals surface area contributed by atoms with Crippen LogP contribution in [0.2, 0.25) is 10.0 Å². The van der Waals surface area contributed by atoms with Gasteiger partial charge in [0.25, 0.3) is 0 Å². The largest absolute Gasteiger partial charge is 0.490 e. The van der Waals surface area contributed by atoms with Gasteiger partial charge in [0.05, 0.1) is 10.0 Å². The fourth-order valence-electron chi connectivity index (χ4n) is 1.64. The van der Waals surface area contributed by atoms with Crippen molar-refractivity contribution >= 4 is 40.4 Å². The number of benzene rings is 2. The van der Waals surface area contributed by atoms with Crippen molar-refractivity contribution in [1.29, 1.82) is 0 Å². The van der Waals surface area contributed by atoms with Gasteiger partial charge in [0.1, 0.15) is 24.0 Å². The Morgan fingerprint density at radius 3 is 2.10 bits per heavy atom. The molecule has 0 radical (unpaired) electrons. The summed E-state index contributed by atoms with van der Waals surface area (Å²) in [5, 5.41) is 0.951. The molecule has 21 heavy (non-hydrogen) atoms. The molecule has 0 atom stereocenters. The Balaban J connectivity index is 1.83. The molecule has 0 aliphatic rings. The van der Waals surface area contributed by atoms with Crippen molar-refractivity contribution in [2.24, 2.45) is 5.73 Å². The summed E-state index contributed by atoms with van der Waals surface area (Å²) in [6.07, 6.45) is 0. The van der Waals surface area contributed by atoms with Crippen LogP contribution in [0.15, 0.2) is 42.5 Å². The van der Waals surface area contributed by atoms with Gasteiger partial charge in [0, 0.05) is 5.56 Å². The zero-order valence-electron chi connectivity index (χ0n) is 11.0. The number of rotatable bonds is 6. The fourth-order valence-corrected chi connectivity index (χ4v) is 2.28. The predicted octanol–water partition coefficient (Wildman–Crippen LogP) is 4.09. The van der Waals surface area contributed by atoms with Gasteiger partial charge in [-0.15, -0.1) is 0 Å². The topological polar surface area (TPSA) is 44.5 Å².